The zero-order valence-electron chi connectivity index (χ0n) is 10.9. The van der Waals surface area contributed by atoms with E-state index in [2.05, 4.69) is 6.07 Å². The third-order valence-electron chi connectivity index (χ3n) is 3.41. The lowest BCUT2D eigenvalue weighted by Crippen LogP contribution is -2.20. The highest BCUT2D eigenvalue weighted by atomic mass is 16.5. The van der Waals surface area contributed by atoms with Gasteiger partial charge in [-0.3, -0.25) is 0 Å². The van der Waals surface area contributed by atoms with Crippen LogP contribution < -0.4 is 10.5 Å². The van der Waals surface area contributed by atoms with Gasteiger partial charge in [-0.2, -0.15) is 5.26 Å². The lowest BCUT2D eigenvalue weighted by Gasteiger charge is -2.26. The van der Waals surface area contributed by atoms with E-state index in [1.54, 1.807) is 30.3 Å². The predicted octanol–water partition coefficient (Wildman–Crippen LogP) is 2.32. The second kappa shape index (κ2) is 4.76. The Morgan fingerprint density at radius 2 is 1.86 bits per heavy atom. The topological polar surface area (TPSA) is 99.5 Å². The molecule has 104 valence electrons. The summed E-state index contributed by atoms with van der Waals surface area (Å²) in [6.07, 6.45) is 0. The van der Waals surface area contributed by atoms with Crippen molar-refractivity contribution in [2.45, 2.75) is 5.92 Å². The van der Waals surface area contributed by atoms with Crippen LogP contribution in [-0.2, 0) is 0 Å². The third kappa shape index (κ3) is 2.13. The molecule has 5 heteroatoms. The zero-order chi connectivity index (χ0) is 15.0. The average Bonchev–Trinajstić information content (AvgIpc) is 2.45. The lowest BCUT2D eigenvalue weighted by atomic mass is 9.83. The minimum absolute atomic E-state index is 0.00365. The predicted molar refractivity (Wildman–Crippen MR) is 75.5 cm³/mol. The number of allylic oxidation sites excluding steroid dienone is 1. The number of phenols is 2. The van der Waals surface area contributed by atoms with Gasteiger partial charge in [-0.25, -0.2) is 0 Å². The Morgan fingerprint density at radius 1 is 1.10 bits per heavy atom. The molecule has 0 bridgehead atoms. The number of aromatic hydroxyl groups is 2. The maximum absolute atomic E-state index is 9.66. The fourth-order valence-electron chi connectivity index (χ4n) is 2.49. The fourth-order valence-corrected chi connectivity index (χ4v) is 2.49. The molecular weight excluding hydrogens is 268 g/mol. The van der Waals surface area contributed by atoms with Crippen LogP contribution in [-0.4, -0.2) is 10.2 Å². The average molecular weight is 280 g/mol. The Morgan fingerprint density at radius 3 is 2.57 bits per heavy atom. The Labute approximate surface area is 121 Å². The highest BCUT2D eigenvalue weighted by Crippen LogP contribution is 2.43. The van der Waals surface area contributed by atoms with Crippen molar-refractivity contribution in [1.82, 2.24) is 0 Å². The summed E-state index contributed by atoms with van der Waals surface area (Å²) in [6.45, 7) is 0. The number of hydrogen-bond acceptors (Lipinski definition) is 5. The number of phenolic OH excluding ortho intramolecular Hbond substituents is 2. The van der Waals surface area contributed by atoms with Crippen LogP contribution in [0.4, 0.5) is 0 Å². The van der Waals surface area contributed by atoms with Gasteiger partial charge in [0.05, 0.1) is 5.92 Å². The number of hydrogen-bond donors (Lipinski definition) is 3. The smallest absolute Gasteiger partial charge is 0.205 e. The molecule has 0 saturated heterocycles. The zero-order valence-corrected chi connectivity index (χ0v) is 10.9. The Bertz CT molecular complexity index is 790. The Hall–Kier alpha value is -3.13. The van der Waals surface area contributed by atoms with Gasteiger partial charge in [-0.05, 0) is 23.8 Å². The molecule has 0 saturated carbocycles. The van der Waals surface area contributed by atoms with Crippen LogP contribution >= 0.6 is 0 Å². The van der Waals surface area contributed by atoms with Crippen LogP contribution in [0.25, 0.3) is 0 Å². The van der Waals surface area contributed by atoms with Crippen LogP contribution in [0.1, 0.15) is 17.0 Å². The number of nitrogens with two attached hydrogens (primary N) is 1. The quantitative estimate of drug-likeness (QED) is 0.744. The van der Waals surface area contributed by atoms with Crippen LogP contribution in [0.15, 0.2) is 53.9 Å². The van der Waals surface area contributed by atoms with Gasteiger partial charge < -0.3 is 20.7 Å². The molecule has 0 spiro atoms. The molecule has 1 aliphatic rings. The first-order valence-corrected chi connectivity index (χ1v) is 6.29. The number of fused-ring (bicyclic) bond motifs is 1. The summed E-state index contributed by atoms with van der Waals surface area (Å²) < 4.78 is 5.41. The van der Waals surface area contributed by atoms with Crippen LogP contribution in [0.5, 0.6) is 17.2 Å². The maximum atomic E-state index is 9.66. The molecule has 4 N–H and O–H groups in total. The summed E-state index contributed by atoms with van der Waals surface area (Å²) >= 11 is 0. The number of benzene rings is 2. The number of rotatable bonds is 1. The van der Waals surface area contributed by atoms with E-state index in [0.717, 1.165) is 5.56 Å². The summed E-state index contributed by atoms with van der Waals surface area (Å²) in [4.78, 5) is 0. The summed E-state index contributed by atoms with van der Waals surface area (Å²) in [5, 5.41) is 28.6. The second-order valence-electron chi connectivity index (χ2n) is 4.74. The molecule has 0 unspecified atom stereocenters. The summed E-state index contributed by atoms with van der Waals surface area (Å²) in [6, 6.07) is 13.4. The van der Waals surface area contributed by atoms with E-state index in [-0.39, 0.29) is 23.0 Å². The van der Waals surface area contributed by atoms with E-state index < -0.39 is 5.92 Å². The minimum atomic E-state index is -0.438. The van der Waals surface area contributed by atoms with Gasteiger partial charge in [-0.15, -0.1) is 0 Å². The standard InChI is InChI=1S/C16H12N2O3/c17-8-13-15(9-2-1-3-10(19)6-9)12-5-4-11(20)7-14(12)21-16(13)18/h1-7,15,19-20H,18H2/t15-/m1/s1. The van der Waals surface area contributed by atoms with Crippen LogP contribution in [0.3, 0.4) is 0 Å². The molecule has 0 fully saturated rings. The van der Waals surface area contributed by atoms with Crippen molar-refractivity contribution in [3.05, 3.63) is 65.0 Å². The molecule has 0 amide bonds. The van der Waals surface area contributed by atoms with Crippen molar-refractivity contribution in [2.24, 2.45) is 5.73 Å². The maximum Gasteiger partial charge on any atom is 0.205 e. The van der Waals surface area contributed by atoms with Gasteiger partial charge in [0.1, 0.15) is 28.9 Å². The number of nitrogens with zero attached hydrogens (tertiary/aromatic N) is 1. The van der Waals surface area contributed by atoms with Gasteiger partial charge in [0.2, 0.25) is 5.88 Å². The molecule has 5 nitrogen and oxygen atoms in total. The highest BCUT2D eigenvalue weighted by Gasteiger charge is 2.30. The van der Waals surface area contributed by atoms with E-state index in [9.17, 15) is 15.5 Å². The van der Waals surface area contributed by atoms with Gasteiger partial charge >= 0.3 is 0 Å². The van der Waals surface area contributed by atoms with Crippen molar-refractivity contribution in [2.75, 3.05) is 0 Å². The van der Waals surface area contributed by atoms with Gasteiger partial charge in [0, 0.05) is 11.6 Å². The second-order valence-corrected chi connectivity index (χ2v) is 4.74. The van der Waals surface area contributed by atoms with E-state index in [1.807, 2.05) is 0 Å². The molecule has 1 aliphatic heterocycles. The molecule has 2 aromatic rings. The van der Waals surface area contributed by atoms with E-state index in [0.29, 0.717) is 11.3 Å². The van der Waals surface area contributed by atoms with Gasteiger partial charge in [0.15, 0.2) is 0 Å². The Balaban J connectivity index is 2.24. The van der Waals surface area contributed by atoms with Crippen molar-refractivity contribution < 1.29 is 14.9 Å². The first-order valence-electron chi connectivity index (χ1n) is 6.29. The molecule has 1 heterocycles. The summed E-state index contributed by atoms with van der Waals surface area (Å²) in [7, 11) is 0. The molecule has 21 heavy (non-hydrogen) atoms. The normalized spacial score (nSPS) is 16.8. The van der Waals surface area contributed by atoms with E-state index >= 15 is 0 Å². The first kappa shape index (κ1) is 12.9. The number of ether oxygens (including phenoxy) is 1. The van der Waals surface area contributed by atoms with Crippen molar-refractivity contribution in [3.8, 4) is 23.3 Å². The molecular formula is C16H12N2O3. The van der Waals surface area contributed by atoms with Crippen molar-refractivity contribution >= 4 is 0 Å². The fraction of sp³-hybridized carbons (Fsp3) is 0.0625. The van der Waals surface area contributed by atoms with Gasteiger partial charge in [-0.1, -0.05) is 18.2 Å². The SMILES string of the molecule is N#CC1=C(N)Oc2cc(O)ccc2[C@H]1c1cccc(O)c1. The first-order chi connectivity index (χ1) is 10.1. The summed E-state index contributed by atoms with van der Waals surface area (Å²) in [5.74, 6) is 0.127. The van der Waals surface area contributed by atoms with Gasteiger partial charge in [0.25, 0.3) is 0 Å². The van der Waals surface area contributed by atoms with Crippen LogP contribution in [0, 0.1) is 11.3 Å². The molecule has 3 rings (SSSR count). The van der Waals surface area contributed by atoms with E-state index in [1.165, 1.54) is 12.1 Å². The third-order valence-corrected chi connectivity index (χ3v) is 3.41. The van der Waals surface area contributed by atoms with Crippen molar-refractivity contribution in [3.63, 3.8) is 0 Å². The van der Waals surface area contributed by atoms with Crippen molar-refractivity contribution in [1.29, 1.82) is 5.26 Å². The molecule has 1 atom stereocenters. The monoisotopic (exact) mass is 280 g/mol. The lowest BCUT2D eigenvalue weighted by molar-refractivity contribution is 0.388. The molecule has 0 aromatic heterocycles. The highest BCUT2D eigenvalue weighted by molar-refractivity contribution is 5.57. The molecule has 0 aliphatic carbocycles. The minimum Gasteiger partial charge on any atom is -0.508 e. The van der Waals surface area contributed by atoms with Crippen LogP contribution in [0.2, 0.25) is 0 Å². The molecule has 0 radical (unpaired) electrons. The number of nitriles is 1. The Kier molecular flexibility index (Phi) is 2.92. The summed E-state index contributed by atoms with van der Waals surface area (Å²) in [5.41, 5.74) is 7.53. The largest absolute Gasteiger partial charge is 0.508 e. The van der Waals surface area contributed by atoms with E-state index in [4.69, 9.17) is 10.5 Å². The molecule has 2 aromatic carbocycles.